The second-order valence-electron chi connectivity index (χ2n) is 3.56. The Morgan fingerprint density at radius 3 is 2.33 bits per heavy atom. The minimum Gasteiger partial charge on any atom is -0.463 e. The maximum Gasteiger partial charge on any atom is 0.323 e. The van der Waals surface area contributed by atoms with Gasteiger partial charge in [-0.2, -0.15) is 15.0 Å². The Morgan fingerprint density at radius 1 is 1.00 bits per heavy atom. The van der Waals surface area contributed by atoms with E-state index in [0.717, 1.165) is 13.0 Å². The highest BCUT2D eigenvalue weighted by Crippen LogP contribution is 2.11. The van der Waals surface area contributed by atoms with Crippen LogP contribution >= 0.6 is 0 Å². The molecule has 18 heavy (non-hydrogen) atoms. The molecule has 102 valence electrons. The van der Waals surface area contributed by atoms with Gasteiger partial charge < -0.3 is 20.1 Å². The molecule has 1 heterocycles. The molecule has 7 heteroatoms. The topological polar surface area (TPSA) is 81.2 Å². The summed E-state index contributed by atoms with van der Waals surface area (Å²) in [4.78, 5) is 12.6. The highest BCUT2D eigenvalue weighted by atomic mass is 16.5. The molecule has 1 aromatic heterocycles. The van der Waals surface area contributed by atoms with E-state index in [1.54, 1.807) is 7.11 Å². The van der Waals surface area contributed by atoms with Gasteiger partial charge in [0.05, 0.1) is 13.2 Å². The molecule has 0 aliphatic carbocycles. The lowest BCUT2D eigenvalue weighted by atomic mass is 10.5. The number of hydrogen-bond acceptors (Lipinski definition) is 7. The number of aromatic nitrogens is 3. The standard InChI is InChI=1S/C11H21N5O2/c1-4-7-18-11-15-9(12-5-2)14-10(16-11)13-6-8-17-3/h4-8H2,1-3H3,(H2,12,13,14,15,16). The third-order valence-corrected chi connectivity index (χ3v) is 1.97. The Labute approximate surface area is 107 Å². The van der Waals surface area contributed by atoms with Crippen molar-refractivity contribution in [3.63, 3.8) is 0 Å². The number of methoxy groups -OCH3 is 1. The van der Waals surface area contributed by atoms with Gasteiger partial charge in [0.2, 0.25) is 11.9 Å². The van der Waals surface area contributed by atoms with Crippen LogP contribution in [0.3, 0.4) is 0 Å². The number of rotatable bonds is 9. The first-order valence-electron chi connectivity index (χ1n) is 6.15. The lowest BCUT2D eigenvalue weighted by Gasteiger charge is -2.09. The lowest BCUT2D eigenvalue weighted by molar-refractivity contribution is 0.210. The molecule has 0 aliphatic heterocycles. The van der Waals surface area contributed by atoms with Crippen molar-refractivity contribution < 1.29 is 9.47 Å². The Kier molecular flexibility index (Phi) is 6.78. The van der Waals surface area contributed by atoms with Gasteiger partial charge in [-0.1, -0.05) is 6.92 Å². The highest BCUT2D eigenvalue weighted by Gasteiger charge is 2.06. The van der Waals surface area contributed by atoms with Crippen molar-refractivity contribution in [2.45, 2.75) is 20.3 Å². The van der Waals surface area contributed by atoms with Crippen LogP contribution in [0, 0.1) is 0 Å². The highest BCUT2D eigenvalue weighted by molar-refractivity contribution is 5.35. The van der Waals surface area contributed by atoms with E-state index < -0.39 is 0 Å². The van der Waals surface area contributed by atoms with Crippen molar-refractivity contribution in [1.82, 2.24) is 15.0 Å². The van der Waals surface area contributed by atoms with Gasteiger partial charge in [-0.05, 0) is 13.3 Å². The van der Waals surface area contributed by atoms with Crippen molar-refractivity contribution in [2.24, 2.45) is 0 Å². The quantitative estimate of drug-likeness (QED) is 0.640. The fraction of sp³-hybridized carbons (Fsp3) is 0.727. The summed E-state index contributed by atoms with van der Waals surface area (Å²) in [5.41, 5.74) is 0. The van der Waals surface area contributed by atoms with E-state index in [0.29, 0.717) is 37.7 Å². The summed E-state index contributed by atoms with van der Waals surface area (Å²) < 4.78 is 10.4. The summed E-state index contributed by atoms with van der Waals surface area (Å²) in [6, 6.07) is 0.336. The molecule has 0 amide bonds. The van der Waals surface area contributed by atoms with Gasteiger partial charge in [-0.25, -0.2) is 0 Å². The minimum absolute atomic E-state index is 0.336. The fourth-order valence-electron chi connectivity index (χ4n) is 1.20. The van der Waals surface area contributed by atoms with Crippen LogP contribution in [0.4, 0.5) is 11.9 Å². The third-order valence-electron chi connectivity index (χ3n) is 1.97. The molecule has 0 unspecified atom stereocenters. The molecule has 1 aromatic rings. The molecule has 0 aromatic carbocycles. The predicted octanol–water partition coefficient (Wildman–Crippen LogP) is 1.15. The number of nitrogens with one attached hydrogen (secondary N) is 2. The molecule has 0 fully saturated rings. The van der Waals surface area contributed by atoms with Crippen molar-refractivity contribution in [1.29, 1.82) is 0 Å². The van der Waals surface area contributed by atoms with Crippen LogP contribution in [-0.4, -0.2) is 48.4 Å². The minimum atomic E-state index is 0.336. The third kappa shape index (κ3) is 5.13. The number of ether oxygens (including phenoxy) is 2. The van der Waals surface area contributed by atoms with Crippen LogP contribution < -0.4 is 15.4 Å². The van der Waals surface area contributed by atoms with Crippen LogP contribution in [0.25, 0.3) is 0 Å². The fourth-order valence-corrected chi connectivity index (χ4v) is 1.20. The number of nitrogens with zero attached hydrogens (tertiary/aromatic N) is 3. The molecule has 0 saturated heterocycles. The average Bonchev–Trinajstić information content (AvgIpc) is 2.37. The van der Waals surface area contributed by atoms with E-state index in [-0.39, 0.29) is 0 Å². The van der Waals surface area contributed by atoms with E-state index >= 15 is 0 Å². The molecule has 0 atom stereocenters. The van der Waals surface area contributed by atoms with Crippen molar-refractivity contribution in [3.05, 3.63) is 0 Å². The Bertz CT molecular complexity index is 348. The molecule has 0 bridgehead atoms. The SMILES string of the molecule is CCCOc1nc(NCC)nc(NCCOC)n1. The van der Waals surface area contributed by atoms with Crippen molar-refractivity contribution in [3.8, 4) is 6.01 Å². The van der Waals surface area contributed by atoms with Gasteiger partial charge >= 0.3 is 6.01 Å². The zero-order chi connectivity index (χ0) is 13.2. The number of hydrogen-bond donors (Lipinski definition) is 2. The van der Waals surface area contributed by atoms with Crippen LogP contribution in [0.5, 0.6) is 6.01 Å². The van der Waals surface area contributed by atoms with Crippen LogP contribution in [0.1, 0.15) is 20.3 Å². The molecule has 0 radical (unpaired) electrons. The van der Waals surface area contributed by atoms with Crippen LogP contribution in [0.2, 0.25) is 0 Å². The maximum absolute atomic E-state index is 5.42. The largest absolute Gasteiger partial charge is 0.463 e. The van der Waals surface area contributed by atoms with Crippen LogP contribution in [-0.2, 0) is 4.74 Å². The molecule has 7 nitrogen and oxygen atoms in total. The summed E-state index contributed by atoms with van der Waals surface area (Å²) in [5.74, 6) is 1.00. The van der Waals surface area contributed by atoms with Gasteiger partial charge in [-0.15, -0.1) is 0 Å². The zero-order valence-corrected chi connectivity index (χ0v) is 11.2. The Hall–Kier alpha value is -1.63. The monoisotopic (exact) mass is 255 g/mol. The summed E-state index contributed by atoms with van der Waals surface area (Å²) in [7, 11) is 1.65. The molecule has 0 aliphatic rings. The Morgan fingerprint density at radius 2 is 1.72 bits per heavy atom. The molecule has 0 saturated carbocycles. The first-order chi connectivity index (χ1) is 8.80. The predicted molar refractivity (Wildman–Crippen MR) is 70.1 cm³/mol. The average molecular weight is 255 g/mol. The van der Waals surface area contributed by atoms with E-state index in [9.17, 15) is 0 Å². The van der Waals surface area contributed by atoms with Crippen molar-refractivity contribution in [2.75, 3.05) is 44.0 Å². The molecule has 2 N–H and O–H groups in total. The van der Waals surface area contributed by atoms with Gasteiger partial charge in [0, 0.05) is 20.2 Å². The van der Waals surface area contributed by atoms with E-state index in [1.165, 1.54) is 0 Å². The normalized spacial score (nSPS) is 10.2. The molecular formula is C11H21N5O2. The van der Waals surface area contributed by atoms with Gasteiger partial charge in [0.15, 0.2) is 0 Å². The Balaban J connectivity index is 2.70. The molecule has 1 rings (SSSR count). The van der Waals surface area contributed by atoms with Crippen molar-refractivity contribution >= 4 is 11.9 Å². The molecule has 0 spiro atoms. The summed E-state index contributed by atoms with van der Waals surface area (Å²) in [5, 5.41) is 6.10. The number of anilines is 2. The van der Waals surface area contributed by atoms with E-state index in [2.05, 4.69) is 25.6 Å². The summed E-state index contributed by atoms with van der Waals surface area (Å²) in [6.07, 6.45) is 0.911. The lowest BCUT2D eigenvalue weighted by Crippen LogP contribution is -2.14. The van der Waals surface area contributed by atoms with E-state index in [4.69, 9.17) is 9.47 Å². The first kappa shape index (κ1) is 14.4. The molecular weight excluding hydrogens is 234 g/mol. The second kappa shape index (κ2) is 8.46. The summed E-state index contributed by atoms with van der Waals surface area (Å²) in [6.45, 7) is 6.58. The summed E-state index contributed by atoms with van der Waals surface area (Å²) >= 11 is 0. The van der Waals surface area contributed by atoms with Gasteiger partial charge in [-0.3, -0.25) is 0 Å². The van der Waals surface area contributed by atoms with Crippen LogP contribution in [0.15, 0.2) is 0 Å². The zero-order valence-electron chi connectivity index (χ0n) is 11.2. The van der Waals surface area contributed by atoms with Gasteiger partial charge in [0.25, 0.3) is 0 Å². The smallest absolute Gasteiger partial charge is 0.323 e. The van der Waals surface area contributed by atoms with Gasteiger partial charge in [0.1, 0.15) is 0 Å². The van der Waals surface area contributed by atoms with E-state index in [1.807, 2.05) is 13.8 Å². The first-order valence-corrected chi connectivity index (χ1v) is 6.15. The second-order valence-corrected chi connectivity index (χ2v) is 3.56. The maximum atomic E-state index is 5.42.